The van der Waals surface area contributed by atoms with Crippen LogP contribution >= 0.6 is 0 Å². The van der Waals surface area contributed by atoms with Crippen LogP contribution in [0, 0.1) is 24.2 Å². The molecule has 1 aliphatic carbocycles. The first-order valence-electron chi connectivity index (χ1n) is 7.71. The number of aromatic nitrogens is 3. The van der Waals surface area contributed by atoms with Crippen LogP contribution in [-0.2, 0) is 6.42 Å². The van der Waals surface area contributed by atoms with Crippen LogP contribution in [0.15, 0.2) is 36.5 Å². The Labute approximate surface area is 137 Å². The number of pyridine rings is 1. The third-order valence-corrected chi connectivity index (χ3v) is 4.61. The molecule has 1 aromatic carbocycles. The highest BCUT2D eigenvalue weighted by Gasteiger charge is 2.56. The summed E-state index contributed by atoms with van der Waals surface area (Å²) in [7, 11) is 0. The number of halogens is 2. The predicted octanol–water partition coefficient (Wildman–Crippen LogP) is 3.77. The molecule has 1 aliphatic rings. The zero-order valence-corrected chi connectivity index (χ0v) is 13.0. The Morgan fingerprint density at radius 3 is 2.58 bits per heavy atom. The number of alkyl halides is 2. The first-order chi connectivity index (χ1) is 11.5. The molecule has 0 N–H and O–H groups in total. The van der Waals surface area contributed by atoms with Crippen LogP contribution in [0.1, 0.15) is 23.4 Å². The molecule has 1 fully saturated rings. The third kappa shape index (κ3) is 2.33. The van der Waals surface area contributed by atoms with Crippen molar-refractivity contribution in [2.45, 2.75) is 25.7 Å². The van der Waals surface area contributed by atoms with E-state index in [1.54, 1.807) is 16.5 Å². The van der Waals surface area contributed by atoms with Gasteiger partial charge in [0.1, 0.15) is 5.82 Å². The number of benzene rings is 1. The van der Waals surface area contributed by atoms with E-state index >= 15 is 0 Å². The minimum Gasteiger partial charge on any atom is -0.286 e. The lowest BCUT2D eigenvalue weighted by molar-refractivity contribution is 0.0984. The fourth-order valence-corrected chi connectivity index (χ4v) is 3.02. The molecule has 4 rings (SSSR count). The quantitative estimate of drug-likeness (QED) is 0.737. The minimum atomic E-state index is -2.55. The molecule has 1 saturated carbocycles. The molecule has 0 amide bonds. The summed E-state index contributed by atoms with van der Waals surface area (Å²) < 4.78 is 28.1. The van der Waals surface area contributed by atoms with Gasteiger partial charge in [0.25, 0.3) is 5.92 Å². The van der Waals surface area contributed by atoms with Crippen LogP contribution < -0.4 is 0 Å². The number of aryl methyl sites for hydroxylation is 1. The van der Waals surface area contributed by atoms with Gasteiger partial charge in [0.05, 0.1) is 11.6 Å². The van der Waals surface area contributed by atoms with Crippen LogP contribution in [-0.4, -0.2) is 20.5 Å². The summed E-state index contributed by atoms with van der Waals surface area (Å²) in [5.74, 6) is -2.60. The largest absolute Gasteiger partial charge is 0.286 e. The van der Waals surface area contributed by atoms with Crippen molar-refractivity contribution < 1.29 is 8.78 Å². The summed E-state index contributed by atoms with van der Waals surface area (Å²) in [6.07, 6.45) is 2.00. The Hall–Kier alpha value is -2.81. The molecule has 0 radical (unpaired) electrons. The van der Waals surface area contributed by atoms with Gasteiger partial charge in [-0.2, -0.15) is 5.26 Å². The molecule has 120 valence electrons. The van der Waals surface area contributed by atoms with Crippen molar-refractivity contribution in [1.82, 2.24) is 14.6 Å². The molecule has 1 unspecified atom stereocenters. The summed E-state index contributed by atoms with van der Waals surface area (Å²) in [6, 6.07) is 11.3. The van der Waals surface area contributed by atoms with Gasteiger partial charge in [-0.05, 0) is 36.2 Å². The molecule has 0 spiro atoms. The van der Waals surface area contributed by atoms with Gasteiger partial charge in [-0.15, -0.1) is 10.2 Å². The summed E-state index contributed by atoms with van der Waals surface area (Å²) in [5, 5.41) is 17.2. The predicted molar refractivity (Wildman–Crippen MR) is 84.6 cm³/mol. The highest BCUT2D eigenvalue weighted by atomic mass is 19.3. The van der Waals surface area contributed by atoms with Crippen LogP contribution in [0.2, 0.25) is 0 Å². The van der Waals surface area contributed by atoms with Crippen molar-refractivity contribution in [3.8, 4) is 17.2 Å². The van der Waals surface area contributed by atoms with Gasteiger partial charge < -0.3 is 0 Å². The molecule has 1 atom stereocenters. The van der Waals surface area contributed by atoms with E-state index in [4.69, 9.17) is 5.26 Å². The van der Waals surface area contributed by atoms with Gasteiger partial charge in [-0.3, -0.25) is 4.40 Å². The summed E-state index contributed by atoms with van der Waals surface area (Å²) in [5.41, 5.74) is 4.18. The van der Waals surface area contributed by atoms with Gasteiger partial charge in [0.15, 0.2) is 5.65 Å². The fourth-order valence-electron chi connectivity index (χ4n) is 3.02. The first kappa shape index (κ1) is 14.8. The van der Waals surface area contributed by atoms with E-state index in [1.807, 2.05) is 31.3 Å². The number of nitrogens with zero attached hydrogens (tertiary/aromatic N) is 4. The molecule has 0 saturated heterocycles. The monoisotopic (exact) mass is 324 g/mol. The Balaban J connectivity index is 1.72. The standard InChI is InChI=1S/C18H14F2N4/c1-11-15(13-4-2-12(10-21)3-5-13)6-7-24-16(22-23-17(11)24)8-14-9-18(14,19)20/h2-7,14H,8-9H2,1H3. The molecule has 4 nitrogen and oxygen atoms in total. The second-order valence-electron chi connectivity index (χ2n) is 6.22. The smallest absolute Gasteiger partial charge is 0.252 e. The maximum Gasteiger partial charge on any atom is 0.252 e. The van der Waals surface area contributed by atoms with Crippen molar-refractivity contribution in [3.63, 3.8) is 0 Å². The minimum absolute atomic E-state index is 0.0653. The normalized spacial score (nSPS) is 18.5. The Bertz CT molecular complexity index is 967. The van der Waals surface area contributed by atoms with Crippen LogP contribution in [0.5, 0.6) is 0 Å². The Kier molecular flexibility index (Phi) is 3.14. The maximum absolute atomic E-state index is 13.1. The number of rotatable bonds is 3. The Morgan fingerprint density at radius 2 is 1.96 bits per heavy atom. The lowest BCUT2D eigenvalue weighted by Gasteiger charge is -2.08. The lowest BCUT2D eigenvalue weighted by Crippen LogP contribution is -2.02. The molecule has 0 aliphatic heterocycles. The van der Waals surface area contributed by atoms with Crippen molar-refractivity contribution >= 4 is 5.65 Å². The maximum atomic E-state index is 13.1. The van der Waals surface area contributed by atoms with Crippen LogP contribution in [0.25, 0.3) is 16.8 Å². The van der Waals surface area contributed by atoms with E-state index in [0.29, 0.717) is 17.0 Å². The van der Waals surface area contributed by atoms with E-state index in [1.165, 1.54) is 0 Å². The second-order valence-corrected chi connectivity index (χ2v) is 6.22. The van der Waals surface area contributed by atoms with E-state index in [2.05, 4.69) is 16.3 Å². The molecule has 2 aromatic heterocycles. The number of nitriles is 1. The zero-order chi connectivity index (χ0) is 16.9. The molecule has 3 aromatic rings. The van der Waals surface area contributed by atoms with Crippen LogP contribution in [0.4, 0.5) is 8.78 Å². The topological polar surface area (TPSA) is 54.0 Å². The van der Waals surface area contributed by atoms with Crippen molar-refractivity contribution in [1.29, 1.82) is 5.26 Å². The van der Waals surface area contributed by atoms with E-state index in [0.717, 1.165) is 16.7 Å². The SMILES string of the molecule is Cc1c(-c2ccc(C#N)cc2)ccn2c(CC3CC3(F)F)nnc12. The van der Waals surface area contributed by atoms with Gasteiger partial charge in [0, 0.05) is 30.5 Å². The van der Waals surface area contributed by atoms with Gasteiger partial charge >= 0.3 is 0 Å². The average Bonchev–Trinajstić information content (AvgIpc) is 2.98. The summed E-state index contributed by atoms with van der Waals surface area (Å²) >= 11 is 0. The fraction of sp³-hybridized carbons (Fsp3) is 0.278. The molecule has 0 bridgehead atoms. The molecule has 2 heterocycles. The third-order valence-electron chi connectivity index (χ3n) is 4.61. The zero-order valence-electron chi connectivity index (χ0n) is 13.0. The number of hydrogen-bond acceptors (Lipinski definition) is 3. The van der Waals surface area contributed by atoms with Gasteiger partial charge in [-0.25, -0.2) is 8.78 Å². The molecule has 24 heavy (non-hydrogen) atoms. The van der Waals surface area contributed by atoms with E-state index in [-0.39, 0.29) is 12.8 Å². The summed E-state index contributed by atoms with van der Waals surface area (Å²) in [4.78, 5) is 0. The van der Waals surface area contributed by atoms with Crippen molar-refractivity contribution in [3.05, 3.63) is 53.5 Å². The van der Waals surface area contributed by atoms with Crippen molar-refractivity contribution in [2.24, 2.45) is 5.92 Å². The van der Waals surface area contributed by atoms with E-state index < -0.39 is 11.8 Å². The molecular formula is C18H14F2N4. The second kappa shape index (κ2) is 5.10. The highest BCUT2D eigenvalue weighted by molar-refractivity contribution is 5.73. The first-order valence-corrected chi connectivity index (χ1v) is 7.71. The summed E-state index contributed by atoms with van der Waals surface area (Å²) in [6.45, 7) is 1.94. The van der Waals surface area contributed by atoms with Crippen molar-refractivity contribution in [2.75, 3.05) is 0 Å². The van der Waals surface area contributed by atoms with Crippen LogP contribution in [0.3, 0.4) is 0 Å². The Morgan fingerprint density at radius 1 is 1.25 bits per heavy atom. The lowest BCUT2D eigenvalue weighted by atomic mass is 10.0. The average molecular weight is 324 g/mol. The van der Waals surface area contributed by atoms with E-state index in [9.17, 15) is 8.78 Å². The number of hydrogen-bond donors (Lipinski definition) is 0. The van der Waals surface area contributed by atoms with Gasteiger partial charge in [0.2, 0.25) is 0 Å². The molecular weight excluding hydrogens is 310 g/mol. The highest BCUT2D eigenvalue weighted by Crippen LogP contribution is 2.50. The number of fused-ring (bicyclic) bond motifs is 1. The van der Waals surface area contributed by atoms with Gasteiger partial charge in [-0.1, -0.05) is 12.1 Å². The molecule has 6 heteroatoms.